The number of likely N-dealkylation sites (tertiary alicyclic amines) is 2. The summed E-state index contributed by atoms with van der Waals surface area (Å²) in [5, 5.41) is 27.6. The molecular formula is C42H49N9O9. The summed E-state index contributed by atoms with van der Waals surface area (Å²) >= 11 is 0. The minimum atomic E-state index is -0.726. The lowest BCUT2D eigenvalue weighted by Gasteiger charge is -2.28. The number of amides is 2. The third-order valence-electron chi connectivity index (χ3n) is 10.3. The first kappa shape index (κ1) is 43.6. The van der Waals surface area contributed by atoms with Gasteiger partial charge in [0, 0.05) is 44.5 Å². The van der Waals surface area contributed by atoms with E-state index in [1.54, 1.807) is 0 Å². The number of terminal acetylenes is 1. The highest BCUT2D eigenvalue weighted by molar-refractivity contribution is 6.45. The minimum Gasteiger partial charge on any atom is -0.494 e. The lowest BCUT2D eigenvalue weighted by Crippen LogP contribution is -2.40. The molecule has 0 spiro atoms. The Kier molecular flexibility index (Phi) is 15.9. The summed E-state index contributed by atoms with van der Waals surface area (Å²) in [4.78, 5) is 55.9. The molecule has 60 heavy (non-hydrogen) atoms. The largest absolute Gasteiger partial charge is 0.494 e. The van der Waals surface area contributed by atoms with Crippen LogP contribution in [0.25, 0.3) is 22.3 Å². The van der Waals surface area contributed by atoms with Crippen LogP contribution in [0.3, 0.4) is 0 Å². The van der Waals surface area contributed by atoms with E-state index >= 15 is 0 Å². The molecule has 18 nitrogen and oxygen atoms in total. The van der Waals surface area contributed by atoms with Gasteiger partial charge in [-0.05, 0) is 30.4 Å². The number of carbonyl (C=O) groups excluding carboxylic acids is 3. The Morgan fingerprint density at radius 3 is 2.37 bits per heavy atom. The molecule has 2 saturated heterocycles. The van der Waals surface area contributed by atoms with Crippen LogP contribution in [0.15, 0.2) is 54.6 Å². The molecule has 0 saturated carbocycles. The molecule has 2 atom stereocenters. The number of aromatic nitrogens is 5. The molecule has 3 N–H and O–H groups in total. The van der Waals surface area contributed by atoms with E-state index in [4.69, 9.17) is 30.1 Å². The first-order valence-corrected chi connectivity index (χ1v) is 19.7. The Morgan fingerprint density at radius 1 is 1.00 bits per heavy atom. The molecule has 3 aromatic heterocycles. The fraction of sp³-hybridized carbons (Fsp3) is 0.452. The number of fused-ring (bicyclic) bond motifs is 1. The van der Waals surface area contributed by atoms with Crippen molar-refractivity contribution in [2.75, 3.05) is 92.8 Å². The molecule has 4 aromatic rings. The van der Waals surface area contributed by atoms with Crippen LogP contribution < -0.4 is 10.1 Å². The number of hydrogen-bond acceptors (Lipinski definition) is 14. The quantitative estimate of drug-likeness (QED) is 0.0359. The van der Waals surface area contributed by atoms with Gasteiger partial charge in [0.2, 0.25) is 5.82 Å². The molecule has 2 amide bonds. The van der Waals surface area contributed by atoms with Crippen molar-refractivity contribution >= 4 is 34.1 Å². The lowest BCUT2D eigenvalue weighted by molar-refractivity contribution is -0.126. The molecule has 1 unspecified atom stereocenters. The molecule has 2 aliphatic heterocycles. The first-order chi connectivity index (χ1) is 29.4. The zero-order chi connectivity index (χ0) is 42.3. The summed E-state index contributed by atoms with van der Waals surface area (Å²) in [5.74, 6) is 0.886. The zero-order valence-corrected chi connectivity index (χ0v) is 33.5. The number of nitrogens with one attached hydrogen (secondary N) is 2. The van der Waals surface area contributed by atoms with E-state index in [1.165, 1.54) is 35.4 Å². The van der Waals surface area contributed by atoms with Gasteiger partial charge in [0.15, 0.2) is 5.82 Å². The molecule has 5 heterocycles. The number of nitrogens with zero attached hydrogens (tertiary/aromatic N) is 7. The molecule has 0 bridgehead atoms. The van der Waals surface area contributed by atoms with E-state index in [-0.39, 0.29) is 48.3 Å². The molecule has 316 valence electrons. The number of benzene rings is 1. The second kappa shape index (κ2) is 21.9. The number of piperidine rings is 1. The van der Waals surface area contributed by atoms with Gasteiger partial charge in [-0.3, -0.25) is 19.3 Å². The van der Waals surface area contributed by atoms with Crippen molar-refractivity contribution < 1.29 is 43.2 Å². The molecule has 2 fully saturated rings. The number of allylic oxidation sites excluding steroid dienone is 1. The number of carbonyl (C=O) groups is 3. The van der Waals surface area contributed by atoms with Gasteiger partial charge in [-0.25, -0.2) is 9.97 Å². The SMILES string of the molecule is C#CCOCCOCCOCCOCCN1CC(NC(=O)c2ncn(-c3ncc(OC)c4c(C(=O)C(=O)N5CCC(=C(C#N)c6ccccc6)CC5)c[nH]c34)n2)C[C@H]1CO. The fourth-order valence-corrected chi connectivity index (χ4v) is 7.30. The molecule has 0 aliphatic carbocycles. The van der Waals surface area contributed by atoms with Gasteiger partial charge >= 0.3 is 0 Å². The van der Waals surface area contributed by atoms with E-state index in [0.29, 0.717) is 108 Å². The van der Waals surface area contributed by atoms with Crippen molar-refractivity contribution in [1.29, 1.82) is 5.26 Å². The zero-order valence-electron chi connectivity index (χ0n) is 33.5. The van der Waals surface area contributed by atoms with E-state index in [2.05, 4.69) is 42.3 Å². The van der Waals surface area contributed by atoms with Gasteiger partial charge in [-0.2, -0.15) is 9.94 Å². The number of rotatable bonds is 21. The predicted octanol–water partition coefficient (Wildman–Crippen LogP) is 1.80. The topological polar surface area (TPSA) is 219 Å². The Morgan fingerprint density at radius 2 is 1.70 bits per heavy atom. The van der Waals surface area contributed by atoms with Crippen LogP contribution in [0.2, 0.25) is 0 Å². The minimum absolute atomic E-state index is 0.0737. The maximum atomic E-state index is 13.7. The maximum Gasteiger partial charge on any atom is 0.295 e. The van der Waals surface area contributed by atoms with Crippen LogP contribution in [0.4, 0.5) is 0 Å². The number of nitriles is 1. The van der Waals surface area contributed by atoms with E-state index in [9.17, 15) is 24.8 Å². The van der Waals surface area contributed by atoms with Crippen molar-refractivity contribution in [1.82, 2.24) is 39.8 Å². The number of methoxy groups -OCH3 is 1. The van der Waals surface area contributed by atoms with Crippen LogP contribution in [0, 0.1) is 23.7 Å². The van der Waals surface area contributed by atoms with E-state index in [1.807, 2.05) is 30.3 Å². The predicted molar refractivity (Wildman–Crippen MR) is 217 cm³/mol. The number of aliphatic hydroxyl groups is 1. The smallest absolute Gasteiger partial charge is 0.295 e. The van der Waals surface area contributed by atoms with Gasteiger partial charge < -0.3 is 44.0 Å². The molecule has 0 radical (unpaired) electrons. The van der Waals surface area contributed by atoms with Gasteiger partial charge in [-0.15, -0.1) is 11.5 Å². The normalized spacial score (nSPS) is 16.7. The molecule has 1 aromatic carbocycles. The van der Waals surface area contributed by atoms with Crippen molar-refractivity contribution in [3.63, 3.8) is 0 Å². The summed E-state index contributed by atoms with van der Waals surface area (Å²) in [7, 11) is 1.44. The average molecular weight is 824 g/mol. The highest BCUT2D eigenvalue weighted by Gasteiger charge is 2.34. The number of pyridine rings is 1. The Balaban J connectivity index is 1.01. The van der Waals surface area contributed by atoms with Crippen LogP contribution in [-0.4, -0.2) is 162 Å². The highest BCUT2D eigenvalue weighted by Crippen LogP contribution is 2.33. The molecule has 6 rings (SSSR count). The van der Waals surface area contributed by atoms with Crippen molar-refractivity contribution in [2.45, 2.75) is 31.3 Å². The number of aromatic amines is 1. The third-order valence-corrected chi connectivity index (χ3v) is 10.3. The second-order valence-corrected chi connectivity index (χ2v) is 14.0. The van der Waals surface area contributed by atoms with Crippen LogP contribution in [-0.2, 0) is 23.7 Å². The standard InChI is InChI=1S/C42H49N9O9/c1-3-14-57-16-18-59-20-21-60-19-17-58-15-13-50-26-31(22-32(50)27-52)47-41(54)39-46-28-51(48-39)40-37-36(35(56-2)25-45-40)34(24-44-37)38(53)42(55)49-11-9-30(10-12-49)33(23-43)29-7-5-4-6-8-29/h1,4-8,24-25,28,31-32,44,52H,9-22,26-27H2,2H3,(H,47,54)/t31?,32-/m0/s1. The van der Waals surface area contributed by atoms with Crippen molar-refractivity contribution in [3.05, 3.63) is 71.6 Å². The first-order valence-electron chi connectivity index (χ1n) is 19.7. The summed E-state index contributed by atoms with van der Waals surface area (Å²) in [6.07, 6.45) is 10.8. The molecule has 2 aliphatic rings. The summed E-state index contributed by atoms with van der Waals surface area (Å²) < 4.78 is 28.6. The van der Waals surface area contributed by atoms with Crippen molar-refractivity contribution in [3.8, 4) is 30.0 Å². The van der Waals surface area contributed by atoms with Gasteiger partial charge in [0.25, 0.3) is 17.6 Å². The number of ether oxygens (including phenoxy) is 5. The van der Waals surface area contributed by atoms with E-state index in [0.717, 1.165) is 11.1 Å². The Bertz CT molecular complexity index is 2200. The number of aliphatic hydroxyl groups excluding tert-OH is 1. The summed E-state index contributed by atoms with van der Waals surface area (Å²) in [5.41, 5.74) is 2.82. The van der Waals surface area contributed by atoms with Gasteiger partial charge in [0.1, 0.15) is 18.7 Å². The monoisotopic (exact) mass is 823 g/mol. The lowest BCUT2D eigenvalue weighted by atomic mass is 9.93. The van der Waals surface area contributed by atoms with E-state index < -0.39 is 17.6 Å². The van der Waals surface area contributed by atoms with Crippen LogP contribution in [0.1, 0.15) is 45.8 Å². The fourth-order valence-electron chi connectivity index (χ4n) is 7.30. The number of H-pyrrole nitrogens is 1. The molecular weight excluding hydrogens is 775 g/mol. The van der Waals surface area contributed by atoms with Gasteiger partial charge in [0.05, 0.1) is 94.3 Å². The van der Waals surface area contributed by atoms with Crippen LogP contribution >= 0.6 is 0 Å². The molecule has 18 heteroatoms. The number of Topliss-reactive ketones (excluding diaryl/α,β-unsaturated/α-hetero) is 1. The maximum absolute atomic E-state index is 13.7. The van der Waals surface area contributed by atoms with Crippen molar-refractivity contribution in [2.24, 2.45) is 0 Å². The highest BCUT2D eigenvalue weighted by atomic mass is 16.6. The number of ketones is 1. The second-order valence-electron chi connectivity index (χ2n) is 14.0. The summed E-state index contributed by atoms with van der Waals surface area (Å²) in [6.45, 7) is 4.85. The van der Waals surface area contributed by atoms with Crippen LogP contribution in [0.5, 0.6) is 5.75 Å². The Labute approximate surface area is 347 Å². The van der Waals surface area contributed by atoms with Gasteiger partial charge in [-0.1, -0.05) is 36.3 Å². The average Bonchev–Trinajstić information content (AvgIpc) is 4.05. The summed E-state index contributed by atoms with van der Waals surface area (Å²) in [6, 6.07) is 11.3. The third kappa shape index (κ3) is 10.8. The Hall–Kier alpha value is -5.99. The number of hydrogen-bond donors (Lipinski definition) is 3.